The summed E-state index contributed by atoms with van der Waals surface area (Å²) < 4.78 is 5.05. The molecule has 0 radical (unpaired) electrons. The Balaban J connectivity index is 2.15. The number of piperidine rings is 1. The summed E-state index contributed by atoms with van der Waals surface area (Å²) in [5.41, 5.74) is 0. The van der Waals surface area contributed by atoms with Crippen LogP contribution >= 0.6 is 11.6 Å². The van der Waals surface area contributed by atoms with Gasteiger partial charge in [-0.25, -0.2) is 0 Å². The zero-order valence-corrected chi connectivity index (χ0v) is 12.2. The Hall–Kier alpha value is 0.170. The minimum Gasteiger partial charge on any atom is -0.383 e. The summed E-state index contributed by atoms with van der Waals surface area (Å²) in [6.07, 6.45) is 5.36. The summed E-state index contributed by atoms with van der Waals surface area (Å²) >= 11 is 6.15. The molecule has 1 rings (SSSR count). The van der Waals surface area contributed by atoms with E-state index < -0.39 is 0 Å². The van der Waals surface area contributed by atoms with E-state index in [0.717, 1.165) is 19.1 Å². The number of hydrogen-bond acceptors (Lipinski definition) is 3. The number of alkyl halides is 1. The van der Waals surface area contributed by atoms with Crippen molar-refractivity contribution >= 4 is 11.6 Å². The van der Waals surface area contributed by atoms with Gasteiger partial charge in [-0.3, -0.25) is 0 Å². The number of rotatable bonds is 7. The van der Waals surface area contributed by atoms with Crippen LogP contribution < -0.4 is 0 Å². The van der Waals surface area contributed by atoms with Crippen molar-refractivity contribution < 1.29 is 4.74 Å². The van der Waals surface area contributed by atoms with Crippen molar-refractivity contribution in [2.45, 2.75) is 37.1 Å². The van der Waals surface area contributed by atoms with Crippen LogP contribution in [0.2, 0.25) is 0 Å². The van der Waals surface area contributed by atoms with Crippen molar-refractivity contribution in [1.82, 2.24) is 9.80 Å². The second-order valence-electron chi connectivity index (χ2n) is 5.23. The smallest absolute Gasteiger partial charge is 0.0696 e. The average molecular weight is 263 g/mol. The number of likely N-dealkylation sites (tertiary alicyclic amines) is 1. The van der Waals surface area contributed by atoms with Gasteiger partial charge in [-0.2, -0.15) is 0 Å². The Kier molecular flexibility index (Phi) is 7.44. The van der Waals surface area contributed by atoms with E-state index in [1.165, 1.54) is 32.2 Å². The van der Waals surface area contributed by atoms with E-state index in [2.05, 4.69) is 23.9 Å². The third-order valence-electron chi connectivity index (χ3n) is 3.62. The molecule has 0 aromatic heterocycles. The third kappa shape index (κ3) is 6.05. The van der Waals surface area contributed by atoms with Gasteiger partial charge in [-0.05, 0) is 46.4 Å². The van der Waals surface area contributed by atoms with Gasteiger partial charge >= 0.3 is 0 Å². The van der Waals surface area contributed by atoms with E-state index in [9.17, 15) is 0 Å². The number of methoxy groups -OCH3 is 1. The fourth-order valence-corrected chi connectivity index (χ4v) is 2.90. The van der Waals surface area contributed by atoms with E-state index in [4.69, 9.17) is 16.3 Å². The van der Waals surface area contributed by atoms with Crippen LogP contribution in [0.3, 0.4) is 0 Å². The van der Waals surface area contributed by atoms with Gasteiger partial charge in [0.15, 0.2) is 0 Å². The molecule has 102 valence electrons. The second-order valence-corrected chi connectivity index (χ2v) is 5.85. The maximum atomic E-state index is 6.15. The second kappa shape index (κ2) is 8.30. The van der Waals surface area contributed by atoms with Gasteiger partial charge in [0.25, 0.3) is 0 Å². The topological polar surface area (TPSA) is 15.7 Å². The molecular formula is C13H27ClN2O. The van der Waals surface area contributed by atoms with Gasteiger partial charge in [0.2, 0.25) is 0 Å². The SMILES string of the molecule is COCC(Cl)CN(C)CCC1CCCCN1C. The molecule has 2 unspecified atom stereocenters. The molecule has 1 heterocycles. The molecule has 1 fully saturated rings. The van der Waals surface area contributed by atoms with Crippen LogP contribution in [0, 0.1) is 0 Å². The Labute approximate surface area is 111 Å². The molecule has 1 aliphatic heterocycles. The van der Waals surface area contributed by atoms with E-state index in [1.807, 2.05) is 0 Å². The Bertz CT molecular complexity index is 204. The van der Waals surface area contributed by atoms with E-state index >= 15 is 0 Å². The fraction of sp³-hybridized carbons (Fsp3) is 1.00. The van der Waals surface area contributed by atoms with Crippen LogP contribution in [0.25, 0.3) is 0 Å². The highest BCUT2D eigenvalue weighted by Crippen LogP contribution is 2.17. The molecule has 0 aromatic carbocycles. The van der Waals surface area contributed by atoms with Crippen LogP contribution in [0.4, 0.5) is 0 Å². The summed E-state index contributed by atoms with van der Waals surface area (Å²) in [6.45, 7) is 3.93. The minimum atomic E-state index is 0.106. The van der Waals surface area contributed by atoms with Gasteiger partial charge in [-0.1, -0.05) is 6.42 Å². The predicted octanol–water partition coefficient (Wildman–Crippen LogP) is 2.05. The molecule has 0 bridgehead atoms. The molecule has 0 amide bonds. The van der Waals surface area contributed by atoms with Crippen molar-refractivity contribution in [3.63, 3.8) is 0 Å². The summed E-state index contributed by atoms with van der Waals surface area (Å²) in [5, 5.41) is 0.106. The summed E-state index contributed by atoms with van der Waals surface area (Å²) in [7, 11) is 6.10. The molecule has 0 spiro atoms. The van der Waals surface area contributed by atoms with Crippen molar-refractivity contribution in [3.05, 3.63) is 0 Å². The molecule has 0 saturated carbocycles. The van der Waals surface area contributed by atoms with Crippen LogP contribution in [0.5, 0.6) is 0 Å². The molecule has 0 N–H and O–H groups in total. The normalized spacial score (nSPS) is 24.2. The molecule has 3 nitrogen and oxygen atoms in total. The van der Waals surface area contributed by atoms with Crippen molar-refractivity contribution in [2.75, 3.05) is 47.4 Å². The molecule has 17 heavy (non-hydrogen) atoms. The average Bonchev–Trinajstić information content (AvgIpc) is 2.28. The van der Waals surface area contributed by atoms with E-state index in [1.54, 1.807) is 7.11 Å². The summed E-state index contributed by atoms with van der Waals surface area (Å²) in [4.78, 5) is 4.82. The van der Waals surface area contributed by atoms with Crippen LogP contribution in [-0.4, -0.2) is 68.7 Å². The van der Waals surface area contributed by atoms with Gasteiger partial charge in [0.1, 0.15) is 0 Å². The lowest BCUT2D eigenvalue weighted by Crippen LogP contribution is -2.39. The van der Waals surface area contributed by atoms with Crippen molar-refractivity contribution in [3.8, 4) is 0 Å². The standard InChI is InChI=1S/C13H27ClN2O/c1-15(10-12(14)11-17-3)9-7-13-6-4-5-8-16(13)2/h12-13H,4-11H2,1-3H3. The molecule has 4 heteroatoms. The fourth-order valence-electron chi connectivity index (χ4n) is 2.54. The van der Waals surface area contributed by atoms with Crippen LogP contribution in [-0.2, 0) is 4.74 Å². The Morgan fingerprint density at radius 1 is 1.47 bits per heavy atom. The number of nitrogens with zero attached hydrogens (tertiary/aromatic N) is 2. The highest BCUT2D eigenvalue weighted by Gasteiger charge is 2.19. The van der Waals surface area contributed by atoms with Gasteiger partial charge in [0, 0.05) is 19.7 Å². The lowest BCUT2D eigenvalue weighted by atomic mass is 10.00. The zero-order chi connectivity index (χ0) is 12.7. The van der Waals surface area contributed by atoms with E-state index in [0.29, 0.717) is 6.61 Å². The van der Waals surface area contributed by atoms with Crippen LogP contribution in [0.15, 0.2) is 0 Å². The number of ether oxygens (including phenoxy) is 1. The zero-order valence-electron chi connectivity index (χ0n) is 11.5. The Morgan fingerprint density at radius 2 is 2.24 bits per heavy atom. The molecule has 0 aromatic rings. The molecule has 0 aliphatic carbocycles. The first-order valence-electron chi connectivity index (χ1n) is 6.65. The third-order valence-corrected chi connectivity index (χ3v) is 3.89. The van der Waals surface area contributed by atoms with Crippen molar-refractivity contribution in [2.24, 2.45) is 0 Å². The van der Waals surface area contributed by atoms with Crippen LogP contribution in [0.1, 0.15) is 25.7 Å². The summed E-state index contributed by atoms with van der Waals surface area (Å²) in [5.74, 6) is 0. The first-order chi connectivity index (χ1) is 8.13. The monoisotopic (exact) mass is 262 g/mol. The highest BCUT2D eigenvalue weighted by molar-refractivity contribution is 6.20. The molecular weight excluding hydrogens is 236 g/mol. The van der Waals surface area contributed by atoms with Gasteiger partial charge < -0.3 is 14.5 Å². The van der Waals surface area contributed by atoms with Gasteiger partial charge in [0.05, 0.1) is 12.0 Å². The van der Waals surface area contributed by atoms with Gasteiger partial charge in [-0.15, -0.1) is 11.6 Å². The number of hydrogen-bond donors (Lipinski definition) is 0. The quantitative estimate of drug-likeness (QED) is 0.653. The molecule has 2 atom stereocenters. The predicted molar refractivity (Wildman–Crippen MR) is 73.9 cm³/mol. The lowest BCUT2D eigenvalue weighted by Gasteiger charge is -2.33. The minimum absolute atomic E-state index is 0.106. The Morgan fingerprint density at radius 3 is 2.88 bits per heavy atom. The number of halogens is 1. The molecule has 1 aliphatic rings. The maximum Gasteiger partial charge on any atom is 0.0696 e. The maximum absolute atomic E-state index is 6.15. The molecule has 1 saturated heterocycles. The van der Waals surface area contributed by atoms with E-state index in [-0.39, 0.29) is 5.38 Å². The highest BCUT2D eigenvalue weighted by atomic mass is 35.5. The lowest BCUT2D eigenvalue weighted by molar-refractivity contribution is 0.152. The largest absolute Gasteiger partial charge is 0.383 e. The first-order valence-corrected chi connectivity index (χ1v) is 7.09. The summed E-state index contributed by atoms with van der Waals surface area (Å²) in [6, 6.07) is 0.766. The van der Waals surface area contributed by atoms with Crippen molar-refractivity contribution in [1.29, 1.82) is 0 Å². The first kappa shape index (κ1) is 15.2.